The molecule has 2 heteroatoms. The molecule has 2 atom stereocenters. The second kappa shape index (κ2) is 4.83. The van der Waals surface area contributed by atoms with Gasteiger partial charge in [0, 0.05) is 16.7 Å². The van der Waals surface area contributed by atoms with Gasteiger partial charge in [-0.05, 0) is 65.6 Å². The van der Waals surface area contributed by atoms with Crippen molar-refractivity contribution in [2.75, 3.05) is 13.6 Å². The summed E-state index contributed by atoms with van der Waals surface area (Å²) in [4.78, 5) is 2.44. The first-order valence-corrected chi connectivity index (χ1v) is 6.66. The predicted octanol–water partition coefficient (Wildman–Crippen LogP) is 3.38. The van der Waals surface area contributed by atoms with Crippen molar-refractivity contribution in [2.24, 2.45) is 11.8 Å². The van der Waals surface area contributed by atoms with Crippen molar-refractivity contribution < 1.29 is 0 Å². The van der Waals surface area contributed by atoms with Gasteiger partial charge in [-0.3, -0.25) is 0 Å². The summed E-state index contributed by atoms with van der Waals surface area (Å²) in [5.74, 6) is 1.92. The zero-order chi connectivity index (χ0) is 10.8. The summed E-state index contributed by atoms with van der Waals surface area (Å²) in [6.45, 7) is 4.69. The first-order chi connectivity index (χ1) is 7.15. The quantitative estimate of drug-likeness (QED) is 0.770. The molecule has 82 valence electrons. The van der Waals surface area contributed by atoms with Crippen LogP contribution in [0.3, 0.4) is 0 Å². The highest BCUT2D eigenvalue weighted by Gasteiger charge is 2.32. The molecule has 15 heavy (non-hydrogen) atoms. The number of rotatable bonds is 4. The lowest BCUT2D eigenvalue weighted by Gasteiger charge is -2.16. The minimum absolute atomic E-state index is 0.957. The molecule has 1 nitrogen and oxygen atoms in total. The van der Waals surface area contributed by atoms with Crippen LogP contribution in [0.15, 0.2) is 24.3 Å². The summed E-state index contributed by atoms with van der Waals surface area (Å²) in [5.41, 5.74) is 1.42. The van der Waals surface area contributed by atoms with Crippen LogP contribution in [-0.4, -0.2) is 18.5 Å². The predicted molar refractivity (Wildman–Crippen MR) is 72.8 cm³/mol. The lowest BCUT2D eigenvalue weighted by atomic mass is 10.2. The summed E-state index contributed by atoms with van der Waals surface area (Å²) in [5, 5.41) is 0. The van der Waals surface area contributed by atoms with Gasteiger partial charge >= 0.3 is 0 Å². The lowest BCUT2D eigenvalue weighted by molar-refractivity contribution is 0.307. The molecule has 0 radical (unpaired) electrons. The van der Waals surface area contributed by atoms with E-state index in [1.54, 1.807) is 0 Å². The Balaban J connectivity index is 1.82. The zero-order valence-electron chi connectivity index (χ0n) is 9.41. The molecule has 0 aliphatic heterocycles. The van der Waals surface area contributed by atoms with E-state index in [2.05, 4.69) is 65.7 Å². The topological polar surface area (TPSA) is 3.24 Å². The van der Waals surface area contributed by atoms with Crippen molar-refractivity contribution in [1.82, 2.24) is 4.90 Å². The molecule has 0 saturated heterocycles. The molecular formula is C13H18IN. The van der Waals surface area contributed by atoms with Crippen LogP contribution in [0.2, 0.25) is 0 Å². The first kappa shape index (κ1) is 11.4. The molecule has 1 fully saturated rings. The van der Waals surface area contributed by atoms with Crippen LogP contribution >= 0.6 is 22.6 Å². The standard InChI is InChI=1S/C13H18IN/c1-10-7-12(10)9-15(2)8-11-3-5-13(14)6-4-11/h3-6,10,12H,7-9H2,1-2H3. The molecule has 0 heterocycles. The summed E-state index contributed by atoms with van der Waals surface area (Å²) in [6, 6.07) is 8.83. The van der Waals surface area contributed by atoms with Gasteiger partial charge < -0.3 is 4.90 Å². The van der Waals surface area contributed by atoms with E-state index in [4.69, 9.17) is 0 Å². The number of hydrogen-bond donors (Lipinski definition) is 0. The van der Waals surface area contributed by atoms with Crippen molar-refractivity contribution in [2.45, 2.75) is 19.9 Å². The van der Waals surface area contributed by atoms with Gasteiger partial charge in [0.1, 0.15) is 0 Å². The SMILES string of the molecule is CC1CC1CN(C)Cc1ccc(I)cc1. The molecule has 0 amide bonds. The average molecular weight is 315 g/mol. The second-order valence-corrected chi connectivity index (χ2v) is 6.04. The summed E-state index contributed by atoms with van der Waals surface area (Å²) in [7, 11) is 2.23. The van der Waals surface area contributed by atoms with E-state index in [1.807, 2.05) is 0 Å². The van der Waals surface area contributed by atoms with Crippen LogP contribution in [0, 0.1) is 15.4 Å². The van der Waals surface area contributed by atoms with E-state index < -0.39 is 0 Å². The van der Waals surface area contributed by atoms with Gasteiger partial charge in [0.05, 0.1) is 0 Å². The Labute approximate surface area is 106 Å². The molecule has 1 aliphatic carbocycles. The van der Waals surface area contributed by atoms with E-state index in [1.165, 1.54) is 22.1 Å². The zero-order valence-corrected chi connectivity index (χ0v) is 11.6. The molecular weight excluding hydrogens is 297 g/mol. The van der Waals surface area contributed by atoms with E-state index in [0.29, 0.717) is 0 Å². The fraction of sp³-hybridized carbons (Fsp3) is 0.538. The largest absolute Gasteiger partial charge is 0.302 e. The normalized spacial score (nSPS) is 24.5. The molecule has 0 aromatic heterocycles. The third-order valence-electron chi connectivity index (χ3n) is 3.19. The van der Waals surface area contributed by atoms with Gasteiger partial charge in [-0.1, -0.05) is 19.1 Å². The van der Waals surface area contributed by atoms with E-state index in [-0.39, 0.29) is 0 Å². The Bertz CT molecular complexity index is 320. The van der Waals surface area contributed by atoms with Crippen LogP contribution in [0.1, 0.15) is 18.9 Å². The molecule has 0 bridgehead atoms. The molecule has 1 aliphatic rings. The maximum absolute atomic E-state index is 2.44. The van der Waals surface area contributed by atoms with Gasteiger partial charge in [0.15, 0.2) is 0 Å². The monoisotopic (exact) mass is 315 g/mol. The third kappa shape index (κ3) is 3.45. The maximum Gasteiger partial charge on any atom is 0.0230 e. The summed E-state index contributed by atoms with van der Waals surface area (Å²) in [6.07, 6.45) is 1.43. The fourth-order valence-electron chi connectivity index (χ4n) is 2.02. The van der Waals surface area contributed by atoms with Gasteiger partial charge in [0.25, 0.3) is 0 Å². The molecule has 1 aromatic carbocycles. The molecule has 0 N–H and O–H groups in total. The van der Waals surface area contributed by atoms with Crippen LogP contribution in [0.5, 0.6) is 0 Å². The number of nitrogens with zero attached hydrogens (tertiary/aromatic N) is 1. The molecule has 1 aromatic rings. The summed E-state index contributed by atoms with van der Waals surface area (Å²) < 4.78 is 1.31. The Morgan fingerprint density at radius 3 is 2.47 bits per heavy atom. The minimum atomic E-state index is 0.957. The van der Waals surface area contributed by atoms with Gasteiger partial charge in [-0.2, -0.15) is 0 Å². The van der Waals surface area contributed by atoms with Gasteiger partial charge in [-0.15, -0.1) is 0 Å². The van der Waals surface area contributed by atoms with Crippen LogP contribution in [0.25, 0.3) is 0 Å². The van der Waals surface area contributed by atoms with Crippen LogP contribution < -0.4 is 0 Å². The third-order valence-corrected chi connectivity index (χ3v) is 3.91. The van der Waals surface area contributed by atoms with Crippen molar-refractivity contribution in [1.29, 1.82) is 0 Å². The van der Waals surface area contributed by atoms with E-state index in [9.17, 15) is 0 Å². The molecule has 2 rings (SSSR count). The molecule has 1 saturated carbocycles. The Hall–Kier alpha value is -0.0900. The van der Waals surface area contributed by atoms with Gasteiger partial charge in [0.2, 0.25) is 0 Å². The summed E-state index contributed by atoms with van der Waals surface area (Å²) >= 11 is 2.35. The van der Waals surface area contributed by atoms with E-state index >= 15 is 0 Å². The van der Waals surface area contributed by atoms with Crippen molar-refractivity contribution in [3.63, 3.8) is 0 Å². The second-order valence-electron chi connectivity index (χ2n) is 4.80. The number of benzene rings is 1. The van der Waals surface area contributed by atoms with Crippen molar-refractivity contribution in [3.05, 3.63) is 33.4 Å². The maximum atomic E-state index is 2.44. The first-order valence-electron chi connectivity index (χ1n) is 5.58. The van der Waals surface area contributed by atoms with Gasteiger partial charge in [-0.25, -0.2) is 0 Å². The highest BCUT2D eigenvalue weighted by Crippen LogP contribution is 2.38. The molecule has 0 spiro atoms. The number of halogens is 1. The molecule has 2 unspecified atom stereocenters. The van der Waals surface area contributed by atoms with Crippen molar-refractivity contribution >= 4 is 22.6 Å². The Morgan fingerprint density at radius 1 is 1.33 bits per heavy atom. The van der Waals surface area contributed by atoms with Crippen LogP contribution in [0.4, 0.5) is 0 Å². The van der Waals surface area contributed by atoms with E-state index in [0.717, 1.165) is 18.4 Å². The number of hydrogen-bond acceptors (Lipinski definition) is 1. The fourth-order valence-corrected chi connectivity index (χ4v) is 2.38. The minimum Gasteiger partial charge on any atom is -0.302 e. The highest BCUT2D eigenvalue weighted by atomic mass is 127. The Morgan fingerprint density at radius 2 is 1.93 bits per heavy atom. The smallest absolute Gasteiger partial charge is 0.0230 e. The average Bonchev–Trinajstić information content (AvgIpc) is 2.86. The Kier molecular flexibility index (Phi) is 3.67. The van der Waals surface area contributed by atoms with Crippen LogP contribution in [-0.2, 0) is 6.54 Å². The lowest BCUT2D eigenvalue weighted by Crippen LogP contribution is -2.20. The van der Waals surface area contributed by atoms with Crippen molar-refractivity contribution in [3.8, 4) is 0 Å². The highest BCUT2D eigenvalue weighted by molar-refractivity contribution is 14.1.